The number of hydrogen-bond acceptors (Lipinski definition) is 2. The molecule has 2 aliphatic heterocycles. The third-order valence-corrected chi connectivity index (χ3v) is 5.52. The summed E-state index contributed by atoms with van der Waals surface area (Å²) in [6.07, 6.45) is 7.81. The number of hydrogen-bond donors (Lipinski definition) is 0. The Morgan fingerprint density at radius 2 is 1.70 bits per heavy atom. The van der Waals surface area contributed by atoms with Crippen molar-refractivity contribution in [3.05, 3.63) is 39.9 Å². The van der Waals surface area contributed by atoms with E-state index in [-0.39, 0.29) is 10.6 Å². The van der Waals surface area contributed by atoms with Crippen LogP contribution in [0, 0.1) is 10.1 Å². The third kappa shape index (κ3) is 2.22. The van der Waals surface area contributed by atoms with Crippen molar-refractivity contribution in [2.75, 3.05) is 7.05 Å². The molecule has 0 radical (unpaired) electrons. The van der Waals surface area contributed by atoms with Gasteiger partial charge in [0, 0.05) is 6.07 Å². The molecule has 2 fully saturated rings. The summed E-state index contributed by atoms with van der Waals surface area (Å²) in [5.74, 6) is 0. The number of para-hydroxylation sites is 1. The normalized spacial score (nSPS) is 32.9. The molecule has 1 aromatic rings. The van der Waals surface area contributed by atoms with Crippen LogP contribution in [0.4, 0.5) is 5.69 Å². The Bertz CT molecular complexity index is 493. The van der Waals surface area contributed by atoms with Crippen molar-refractivity contribution in [2.45, 2.75) is 57.2 Å². The molecular weight excluding hydrogens is 252 g/mol. The predicted octanol–water partition coefficient (Wildman–Crippen LogP) is 3.65. The van der Waals surface area contributed by atoms with E-state index < -0.39 is 0 Å². The van der Waals surface area contributed by atoms with Crippen LogP contribution >= 0.6 is 0 Å². The molecule has 0 aliphatic carbocycles. The van der Waals surface area contributed by atoms with E-state index in [0.29, 0.717) is 12.1 Å². The van der Waals surface area contributed by atoms with Crippen LogP contribution in [0.5, 0.6) is 0 Å². The highest BCUT2D eigenvalue weighted by Crippen LogP contribution is 2.41. The van der Waals surface area contributed by atoms with Crippen molar-refractivity contribution in [1.82, 2.24) is 0 Å². The lowest BCUT2D eigenvalue weighted by molar-refractivity contribution is -0.978. The van der Waals surface area contributed by atoms with Crippen molar-refractivity contribution >= 4 is 5.69 Å². The molecule has 4 nitrogen and oxygen atoms in total. The van der Waals surface area contributed by atoms with Crippen LogP contribution in [-0.2, 0) is 6.54 Å². The highest BCUT2D eigenvalue weighted by Gasteiger charge is 2.46. The van der Waals surface area contributed by atoms with Crippen LogP contribution in [0.2, 0.25) is 0 Å². The summed E-state index contributed by atoms with van der Waals surface area (Å²) in [5.41, 5.74) is 1.19. The molecule has 2 aliphatic rings. The summed E-state index contributed by atoms with van der Waals surface area (Å²) in [5, 5.41) is 11.2. The molecule has 0 unspecified atom stereocenters. The molecule has 108 valence electrons. The number of nitro benzene ring substituents is 1. The number of piperidine rings is 2. The molecule has 2 heterocycles. The molecular formula is C16H23N2O2+. The maximum atomic E-state index is 11.2. The first-order valence-corrected chi connectivity index (χ1v) is 7.68. The minimum absolute atomic E-state index is 0.235. The van der Waals surface area contributed by atoms with Gasteiger partial charge in [0.1, 0.15) is 6.54 Å². The topological polar surface area (TPSA) is 43.1 Å². The average Bonchev–Trinajstić information content (AvgIpc) is 2.38. The minimum Gasteiger partial charge on any atom is -0.317 e. The summed E-state index contributed by atoms with van der Waals surface area (Å²) >= 11 is 0. The van der Waals surface area contributed by atoms with Crippen LogP contribution in [0.25, 0.3) is 0 Å². The SMILES string of the molecule is C[N+]1(Cc2ccccc2[N+](=O)[O-])C2CCCC1CCC2. The summed E-state index contributed by atoms with van der Waals surface area (Å²) in [4.78, 5) is 11.0. The van der Waals surface area contributed by atoms with E-state index in [1.165, 1.54) is 38.5 Å². The zero-order chi connectivity index (χ0) is 14.2. The van der Waals surface area contributed by atoms with E-state index in [0.717, 1.165) is 16.6 Å². The molecule has 0 atom stereocenters. The van der Waals surface area contributed by atoms with Gasteiger partial charge < -0.3 is 4.48 Å². The maximum Gasteiger partial charge on any atom is 0.278 e. The third-order valence-electron chi connectivity index (χ3n) is 5.52. The molecule has 0 spiro atoms. The fourth-order valence-electron chi connectivity index (χ4n) is 4.39. The summed E-state index contributed by atoms with van der Waals surface area (Å²) in [6, 6.07) is 8.66. The second-order valence-electron chi connectivity index (χ2n) is 6.56. The van der Waals surface area contributed by atoms with Crippen LogP contribution in [0.15, 0.2) is 24.3 Å². The first-order chi connectivity index (χ1) is 9.61. The quantitative estimate of drug-likeness (QED) is 0.480. The zero-order valence-electron chi connectivity index (χ0n) is 12.1. The Morgan fingerprint density at radius 1 is 1.15 bits per heavy atom. The van der Waals surface area contributed by atoms with Gasteiger partial charge in [-0.25, -0.2) is 0 Å². The van der Waals surface area contributed by atoms with Crippen molar-refractivity contribution in [1.29, 1.82) is 0 Å². The fraction of sp³-hybridized carbons (Fsp3) is 0.625. The van der Waals surface area contributed by atoms with Crippen molar-refractivity contribution in [3.8, 4) is 0 Å². The van der Waals surface area contributed by atoms with Gasteiger partial charge in [-0.15, -0.1) is 0 Å². The van der Waals surface area contributed by atoms with E-state index >= 15 is 0 Å². The van der Waals surface area contributed by atoms with Crippen molar-refractivity contribution in [3.63, 3.8) is 0 Å². The van der Waals surface area contributed by atoms with Gasteiger partial charge >= 0.3 is 0 Å². The van der Waals surface area contributed by atoms with Gasteiger partial charge in [0.25, 0.3) is 5.69 Å². The van der Waals surface area contributed by atoms with E-state index in [2.05, 4.69) is 7.05 Å². The molecule has 4 heteroatoms. The number of fused-ring (bicyclic) bond motifs is 2. The number of benzene rings is 1. The first-order valence-electron chi connectivity index (χ1n) is 7.68. The number of nitrogens with zero attached hydrogens (tertiary/aromatic N) is 2. The molecule has 3 rings (SSSR count). The Kier molecular flexibility index (Phi) is 3.50. The Morgan fingerprint density at radius 3 is 2.25 bits per heavy atom. The Labute approximate surface area is 120 Å². The molecule has 0 saturated carbocycles. The molecule has 2 saturated heterocycles. The van der Waals surface area contributed by atoms with Gasteiger partial charge in [0.05, 0.1) is 29.6 Å². The summed E-state index contributed by atoms with van der Waals surface area (Å²) in [7, 11) is 2.32. The van der Waals surface area contributed by atoms with Gasteiger partial charge in [-0.2, -0.15) is 0 Å². The van der Waals surface area contributed by atoms with Gasteiger partial charge in [0.15, 0.2) is 0 Å². The lowest BCUT2D eigenvalue weighted by Gasteiger charge is -2.53. The Hall–Kier alpha value is -1.42. The van der Waals surface area contributed by atoms with Crippen molar-refractivity contribution in [2.24, 2.45) is 0 Å². The molecule has 0 aromatic heterocycles. The maximum absolute atomic E-state index is 11.2. The monoisotopic (exact) mass is 275 g/mol. The van der Waals surface area contributed by atoms with E-state index in [1.54, 1.807) is 12.1 Å². The molecule has 0 N–H and O–H groups in total. The largest absolute Gasteiger partial charge is 0.317 e. The highest BCUT2D eigenvalue weighted by atomic mass is 16.6. The smallest absolute Gasteiger partial charge is 0.278 e. The zero-order valence-corrected chi connectivity index (χ0v) is 12.1. The predicted molar refractivity (Wildman–Crippen MR) is 78.3 cm³/mol. The van der Waals surface area contributed by atoms with E-state index in [1.807, 2.05) is 12.1 Å². The second kappa shape index (κ2) is 5.17. The van der Waals surface area contributed by atoms with Gasteiger partial charge in [-0.1, -0.05) is 12.1 Å². The fourth-order valence-corrected chi connectivity index (χ4v) is 4.39. The van der Waals surface area contributed by atoms with Gasteiger partial charge in [-0.3, -0.25) is 10.1 Å². The lowest BCUT2D eigenvalue weighted by atomic mass is 9.81. The lowest BCUT2D eigenvalue weighted by Crippen LogP contribution is -2.62. The summed E-state index contributed by atoms with van der Waals surface area (Å²) in [6.45, 7) is 0.812. The summed E-state index contributed by atoms with van der Waals surface area (Å²) < 4.78 is 1.02. The number of nitro groups is 1. The molecule has 0 amide bonds. The van der Waals surface area contributed by atoms with Crippen LogP contribution in [-0.4, -0.2) is 28.5 Å². The minimum atomic E-state index is -0.235. The van der Waals surface area contributed by atoms with Crippen LogP contribution in [0.3, 0.4) is 0 Å². The van der Waals surface area contributed by atoms with Crippen molar-refractivity contribution < 1.29 is 9.41 Å². The first kappa shape index (κ1) is 13.6. The molecule has 20 heavy (non-hydrogen) atoms. The van der Waals surface area contributed by atoms with Crippen LogP contribution in [0.1, 0.15) is 44.1 Å². The average molecular weight is 275 g/mol. The molecule has 2 bridgehead atoms. The Balaban J connectivity index is 1.92. The molecule has 1 aromatic carbocycles. The van der Waals surface area contributed by atoms with Crippen LogP contribution < -0.4 is 0 Å². The van der Waals surface area contributed by atoms with Gasteiger partial charge in [0.2, 0.25) is 0 Å². The number of rotatable bonds is 3. The highest BCUT2D eigenvalue weighted by molar-refractivity contribution is 5.39. The van der Waals surface area contributed by atoms with E-state index in [4.69, 9.17) is 0 Å². The number of quaternary nitrogens is 1. The second-order valence-corrected chi connectivity index (χ2v) is 6.56. The van der Waals surface area contributed by atoms with E-state index in [9.17, 15) is 10.1 Å². The van der Waals surface area contributed by atoms with Gasteiger partial charge in [-0.05, 0) is 44.6 Å². The standard InChI is InChI=1S/C16H23N2O2/c1-18(14-7-4-8-15(18)10-5-9-14)12-13-6-2-3-11-16(13)17(19)20/h2-3,6,11,14-15H,4-5,7-10,12H2,1H3/q+1.